The molecule has 128 valence electrons. The largest absolute Gasteiger partial charge is 0.312 e. The highest BCUT2D eigenvalue weighted by atomic mass is 35.5. The number of hydrogen-bond acceptors (Lipinski definition) is 4. The van der Waals surface area contributed by atoms with Gasteiger partial charge in [-0.05, 0) is 43.2 Å². The van der Waals surface area contributed by atoms with E-state index in [-0.39, 0.29) is 16.3 Å². The summed E-state index contributed by atoms with van der Waals surface area (Å²) in [5.41, 5.74) is 4.57. The van der Waals surface area contributed by atoms with E-state index in [1.165, 1.54) is 0 Å². The van der Waals surface area contributed by atoms with Gasteiger partial charge in [0.1, 0.15) is 0 Å². The molecule has 0 unspecified atom stereocenters. The summed E-state index contributed by atoms with van der Waals surface area (Å²) >= 11 is 13.3. The van der Waals surface area contributed by atoms with E-state index in [0.29, 0.717) is 21.4 Å². The number of thiazole rings is 1. The van der Waals surface area contributed by atoms with Crippen LogP contribution in [0.15, 0.2) is 44.9 Å². The monoisotopic (exact) mass is 410 g/mol. The molecule has 3 rings (SSSR count). The number of aryl methyl sites for hydroxylation is 1. The van der Waals surface area contributed by atoms with Gasteiger partial charge in [0.2, 0.25) is 11.5 Å². The summed E-state index contributed by atoms with van der Waals surface area (Å²) in [6.07, 6.45) is 0. The topological polar surface area (TPSA) is 51.4 Å². The summed E-state index contributed by atoms with van der Waals surface area (Å²) in [7, 11) is 0. The predicted octanol–water partition coefficient (Wildman–Crippen LogP) is 5.52. The van der Waals surface area contributed by atoms with Crippen molar-refractivity contribution in [1.29, 1.82) is 0 Å². The summed E-state index contributed by atoms with van der Waals surface area (Å²) in [6, 6.07) is 8.87. The van der Waals surface area contributed by atoms with E-state index in [0.717, 1.165) is 33.7 Å². The van der Waals surface area contributed by atoms with Gasteiger partial charge in [-0.1, -0.05) is 46.7 Å². The minimum absolute atomic E-state index is 0.134. The van der Waals surface area contributed by atoms with E-state index < -0.39 is 0 Å². The lowest BCUT2D eigenvalue weighted by Crippen LogP contribution is -2.12. The van der Waals surface area contributed by atoms with Crippen LogP contribution >= 0.6 is 34.5 Å². The fourth-order valence-corrected chi connectivity index (χ4v) is 4.06. The highest BCUT2D eigenvalue weighted by Gasteiger charge is 2.16. The quantitative estimate of drug-likeness (QED) is 0.570. The number of benzene rings is 2. The van der Waals surface area contributed by atoms with Crippen LogP contribution in [-0.2, 0) is 11.5 Å². The Morgan fingerprint density at radius 1 is 1.12 bits per heavy atom. The van der Waals surface area contributed by atoms with E-state index in [2.05, 4.69) is 4.36 Å². The Bertz CT molecular complexity index is 1080. The molecule has 0 N–H and O–H groups in total. The second-order valence-corrected chi connectivity index (χ2v) is 7.36. The van der Waals surface area contributed by atoms with Crippen LogP contribution in [0.1, 0.15) is 11.1 Å². The number of hydrogen-bond donors (Lipinski definition) is 0. The van der Waals surface area contributed by atoms with Crippen LogP contribution in [0.2, 0.25) is 10.0 Å². The maximum atomic E-state index is 12.4. The number of nitrogens with zero attached hydrogens (tertiary/aromatic N) is 2. The lowest BCUT2D eigenvalue weighted by molar-refractivity contribution is 0.698. The highest BCUT2D eigenvalue weighted by molar-refractivity contribution is 7.54. The summed E-state index contributed by atoms with van der Waals surface area (Å²) in [6.45, 7) is 3.78. The molecule has 0 fully saturated rings. The number of halogens is 2. The van der Waals surface area contributed by atoms with Crippen LogP contribution < -0.4 is 4.87 Å². The minimum atomic E-state index is -0.134. The number of rotatable bonds is 3. The van der Waals surface area contributed by atoms with Crippen molar-refractivity contribution in [3.8, 4) is 16.9 Å². The molecule has 0 aliphatic rings. The molecule has 0 saturated carbocycles. The Kier molecular flexibility index (Phi) is 5.24. The normalized spacial score (nSPS) is 10.7. The van der Waals surface area contributed by atoms with E-state index in [1.54, 1.807) is 28.1 Å². The van der Waals surface area contributed by atoms with Gasteiger partial charge in [0, 0.05) is 10.9 Å². The third-order valence-electron chi connectivity index (χ3n) is 3.89. The fourth-order valence-electron chi connectivity index (χ4n) is 2.65. The van der Waals surface area contributed by atoms with Gasteiger partial charge >= 0.3 is 4.87 Å². The Morgan fingerprint density at radius 2 is 1.88 bits per heavy atom. The first-order valence-electron chi connectivity index (χ1n) is 7.20. The van der Waals surface area contributed by atoms with Gasteiger partial charge in [-0.2, -0.15) is 8.57 Å². The summed E-state index contributed by atoms with van der Waals surface area (Å²) in [5, 5.41) is 2.59. The lowest BCUT2D eigenvalue weighted by Gasteiger charge is -2.13. The molecule has 0 bridgehead atoms. The first-order chi connectivity index (χ1) is 11.9. The van der Waals surface area contributed by atoms with Gasteiger partial charge < -0.3 is 0 Å². The molecule has 3 aromatic rings. The summed E-state index contributed by atoms with van der Waals surface area (Å²) < 4.78 is 16.4. The molecule has 25 heavy (non-hydrogen) atoms. The maximum Gasteiger partial charge on any atom is 0.312 e. The second kappa shape index (κ2) is 7.25. The Morgan fingerprint density at radius 3 is 2.56 bits per heavy atom. The average Bonchev–Trinajstić information content (AvgIpc) is 2.95. The number of aromatic nitrogens is 1. The van der Waals surface area contributed by atoms with Crippen molar-refractivity contribution >= 4 is 51.7 Å². The molecule has 0 amide bonds. The Labute approximate surface area is 161 Å². The second-order valence-electron chi connectivity index (χ2n) is 5.39. The molecule has 0 spiro atoms. The molecular formula is C17H12Cl2N2O2S2. The van der Waals surface area contributed by atoms with Crippen LogP contribution in [0.3, 0.4) is 0 Å². The zero-order chi connectivity index (χ0) is 18.1. The van der Waals surface area contributed by atoms with Gasteiger partial charge in [0.05, 0.1) is 27.1 Å². The first-order valence-corrected chi connectivity index (χ1v) is 9.54. The third-order valence-corrected chi connectivity index (χ3v) is 5.61. The molecule has 8 heteroatoms. The smallest absolute Gasteiger partial charge is 0.267 e. The summed E-state index contributed by atoms with van der Waals surface area (Å²) in [4.78, 5) is 12.3. The molecule has 1 aromatic heterocycles. The zero-order valence-corrected chi connectivity index (χ0v) is 16.4. The highest BCUT2D eigenvalue weighted by Crippen LogP contribution is 2.35. The molecule has 0 aliphatic heterocycles. The molecule has 1 heterocycles. The van der Waals surface area contributed by atoms with Gasteiger partial charge in [0.25, 0.3) is 0 Å². The van der Waals surface area contributed by atoms with Crippen LogP contribution in [0.25, 0.3) is 16.9 Å². The van der Waals surface area contributed by atoms with Gasteiger partial charge in [-0.25, -0.2) is 0 Å². The SMILES string of the molecule is Cc1ccc(-c2csc(=O)n2-c2ccc(Cl)c(Cl)c2)c(C)c1N=S=O. The molecule has 0 saturated heterocycles. The van der Waals surface area contributed by atoms with Crippen molar-refractivity contribution in [1.82, 2.24) is 4.57 Å². The van der Waals surface area contributed by atoms with Gasteiger partial charge in [0.15, 0.2) is 0 Å². The van der Waals surface area contributed by atoms with Crippen molar-refractivity contribution in [2.24, 2.45) is 4.36 Å². The maximum absolute atomic E-state index is 12.4. The Hall–Kier alpha value is -1.73. The van der Waals surface area contributed by atoms with E-state index in [4.69, 9.17) is 23.2 Å². The van der Waals surface area contributed by atoms with E-state index >= 15 is 0 Å². The molecule has 0 atom stereocenters. The molecule has 2 aromatic carbocycles. The van der Waals surface area contributed by atoms with Crippen LogP contribution in [0, 0.1) is 13.8 Å². The van der Waals surface area contributed by atoms with Gasteiger partial charge in [-0.3, -0.25) is 9.36 Å². The fraction of sp³-hybridized carbons (Fsp3) is 0.118. The summed E-state index contributed by atoms with van der Waals surface area (Å²) in [5.74, 6) is 0. The van der Waals surface area contributed by atoms with Gasteiger partial charge in [-0.15, -0.1) is 0 Å². The van der Waals surface area contributed by atoms with E-state index in [1.807, 2.05) is 26.0 Å². The molecule has 0 aliphatic carbocycles. The van der Waals surface area contributed by atoms with Crippen molar-refractivity contribution in [2.75, 3.05) is 0 Å². The van der Waals surface area contributed by atoms with Crippen molar-refractivity contribution < 1.29 is 4.21 Å². The predicted molar refractivity (Wildman–Crippen MR) is 105 cm³/mol. The molecular weight excluding hydrogens is 399 g/mol. The van der Waals surface area contributed by atoms with E-state index in [9.17, 15) is 9.00 Å². The van der Waals surface area contributed by atoms with Crippen LogP contribution in [0.5, 0.6) is 0 Å². The van der Waals surface area contributed by atoms with Crippen molar-refractivity contribution in [2.45, 2.75) is 13.8 Å². The lowest BCUT2D eigenvalue weighted by atomic mass is 10.0. The van der Waals surface area contributed by atoms with Crippen LogP contribution in [-0.4, -0.2) is 8.78 Å². The standard InChI is InChI=1S/C17H12Cl2N2O2S2/c1-9-3-5-12(10(2)16(9)20-25-23)15-8-24-17(22)21(15)11-4-6-13(18)14(19)7-11/h3-8H,1-2H3. The zero-order valence-electron chi connectivity index (χ0n) is 13.2. The first kappa shape index (κ1) is 18.1. The Balaban J connectivity index is 2.28. The average molecular weight is 411 g/mol. The third kappa shape index (κ3) is 3.35. The van der Waals surface area contributed by atoms with Crippen LogP contribution in [0.4, 0.5) is 5.69 Å². The minimum Gasteiger partial charge on any atom is -0.267 e. The van der Waals surface area contributed by atoms with Crippen molar-refractivity contribution in [3.05, 3.63) is 66.6 Å². The molecule has 0 radical (unpaired) electrons. The molecule has 4 nitrogen and oxygen atoms in total. The van der Waals surface area contributed by atoms with Crippen molar-refractivity contribution in [3.63, 3.8) is 0 Å².